The van der Waals surface area contributed by atoms with E-state index in [9.17, 15) is 9.18 Å². The molecule has 0 unspecified atom stereocenters. The van der Waals surface area contributed by atoms with Gasteiger partial charge in [-0.1, -0.05) is 17.3 Å². The number of benzene rings is 2. The normalized spacial score (nSPS) is 15.5. The fourth-order valence-electron chi connectivity index (χ4n) is 2.64. The molecule has 0 spiro atoms. The average molecular weight is 378 g/mol. The molecule has 3 aromatic rings. The highest BCUT2D eigenvalue weighted by Gasteiger charge is 2.29. The molecule has 0 radical (unpaired) electrons. The molecule has 1 aliphatic heterocycles. The number of carbonyl (C=O) groups excluding carboxylic acids is 1. The summed E-state index contributed by atoms with van der Waals surface area (Å²) in [7, 11) is 0. The second-order valence-corrected chi connectivity index (χ2v) is 6.01. The average Bonchev–Trinajstić information content (AvgIpc) is 3.21. The van der Waals surface area contributed by atoms with Gasteiger partial charge in [-0.05, 0) is 36.4 Å². The molecule has 1 aliphatic rings. The molecule has 0 saturated heterocycles. The van der Waals surface area contributed by atoms with Gasteiger partial charge in [0.15, 0.2) is 0 Å². The van der Waals surface area contributed by atoms with E-state index in [1.807, 2.05) is 0 Å². The lowest BCUT2D eigenvalue weighted by Crippen LogP contribution is -2.28. The van der Waals surface area contributed by atoms with Crippen LogP contribution in [0.4, 0.5) is 10.1 Å². The lowest BCUT2D eigenvalue weighted by Gasteiger charge is -2.10. The number of amides is 1. The van der Waals surface area contributed by atoms with Crippen LogP contribution in [-0.2, 0) is 9.63 Å². The third-order valence-corrected chi connectivity index (χ3v) is 4.00. The molecule has 2 heterocycles. The Labute approximate surface area is 159 Å². The van der Waals surface area contributed by atoms with E-state index in [4.69, 9.17) is 9.57 Å². The molecule has 140 valence electrons. The van der Waals surface area contributed by atoms with Crippen LogP contribution in [0.5, 0.6) is 11.6 Å². The van der Waals surface area contributed by atoms with Crippen molar-refractivity contribution in [2.75, 3.05) is 5.32 Å². The van der Waals surface area contributed by atoms with E-state index in [2.05, 4.69) is 20.4 Å². The maximum atomic E-state index is 13.3. The number of nitrogens with zero attached hydrogens (tertiary/aromatic N) is 3. The Kier molecular flexibility index (Phi) is 4.92. The summed E-state index contributed by atoms with van der Waals surface area (Å²) < 4.78 is 18.9. The maximum Gasteiger partial charge on any atom is 0.268 e. The smallest absolute Gasteiger partial charge is 0.268 e. The summed E-state index contributed by atoms with van der Waals surface area (Å²) in [5.74, 6) is 0.239. The fraction of sp³-hybridized carbons (Fsp3) is 0.100. The Hall–Kier alpha value is -3.81. The zero-order chi connectivity index (χ0) is 19.3. The van der Waals surface area contributed by atoms with Crippen molar-refractivity contribution in [3.05, 3.63) is 78.5 Å². The molecule has 0 fully saturated rings. The Morgan fingerprint density at radius 2 is 2.04 bits per heavy atom. The van der Waals surface area contributed by atoms with Crippen LogP contribution < -0.4 is 10.1 Å². The first kappa shape index (κ1) is 17.6. The monoisotopic (exact) mass is 378 g/mol. The van der Waals surface area contributed by atoms with Crippen molar-refractivity contribution in [3.63, 3.8) is 0 Å². The van der Waals surface area contributed by atoms with Crippen molar-refractivity contribution in [1.82, 2.24) is 9.97 Å². The van der Waals surface area contributed by atoms with Crippen molar-refractivity contribution in [3.8, 4) is 11.6 Å². The molecular formula is C20H15FN4O3. The SMILES string of the molecule is O=C(Nc1ccc(Oc2cnccn2)cc1)[C@H]1CC(c2cccc(F)c2)=NO1. The summed E-state index contributed by atoms with van der Waals surface area (Å²) in [5.41, 5.74) is 1.72. The lowest BCUT2D eigenvalue weighted by atomic mass is 10.0. The second-order valence-electron chi connectivity index (χ2n) is 6.01. The predicted molar refractivity (Wildman–Crippen MR) is 99.6 cm³/mol. The van der Waals surface area contributed by atoms with Crippen LogP contribution in [0.3, 0.4) is 0 Å². The Morgan fingerprint density at radius 1 is 1.18 bits per heavy atom. The number of ether oxygens (including phenoxy) is 1. The van der Waals surface area contributed by atoms with E-state index in [1.165, 1.54) is 24.5 Å². The fourth-order valence-corrected chi connectivity index (χ4v) is 2.64. The minimum atomic E-state index is -0.770. The van der Waals surface area contributed by atoms with Crippen LogP contribution in [0.15, 0.2) is 72.3 Å². The van der Waals surface area contributed by atoms with Crippen molar-refractivity contribution in [1.29, 1.82) is 0 Å². The topological polar surface area (TPSA) is 85.7 Å². The summed E-state index contributed by atoms with van der Waals surface area (Å²) in [6, 6.07) is 12.8. The van der Waals surface area contributed by atoms with Gasteiger partial charge in [-0.25, -0.2) is 9.37 Å². The summed E-state index contributed by atoms with van der Waals surface area (Å²) in [6.45, 7) is 0. The minimum absolute atomic E-state index is 0.267. The number of carbonyl (C=O) groups is 1. The van der Waals surface area contributed by atoms with Crippen LogP contribution in [-0.4, -0.2) is 27.7 Å². The van der Waals surface area contributed by atoms with Gasteiger partial charge < -0.3 is 14.9 Å². The number of rotatable bonds is 5. The van der Waals surface area contributed by atoms with Crippen molar-refractivity contribution >= 4 is 17.3 Å². The molecule has 0 bridgehead atoms. The number of halogens is 1. The Balaban J connectivity index is 1.34. The molecular weight excluding hydrogens is 363 g/mol. The molecule has 8 heteroatoms. The van der Waals surface area contributed by atoms with Crippen LogP contribution in [0.2, 0.25) is 0 Å². The molecule has 7 nitrogen and oxygen atoms in total. The van der Waals surface area contributed by atoms with Gasteiger partial charge in [0.1, 0.15) is 11.6 Å². The summed E-state index contributed by atoms with van der Waals surface area (Å²) in [4.78, 5) is 25.6. The summed E-state index contributed by atoms with van der Waals surface area (Å²) in [5, 5.41) is 6.67. The van der Waals surface area contributed by atoms with E-state index >= 15 is 0 Å². The van der Waals surface area contributed by atoms with Gasteiger partial charge in [-0.3, -0.25) is 9.78 Å². The molecule has 0 aliphatic carbocycles. The third kappa shape index (κ3) is 4.12. The lowest BCUT2D eigenvalue weighted by molar-refractivity contribution is -0.125. The van der Waals surface area contributed by atoms with Gasteiger partial charge in [0.2, 0.25) is 12.0 Å². The highest BCUT2D eigenvalue weighted by molar-refractivity contribution is 6.06. The van der Waals surface area contributed by atoms with Crippen molar-refractivity contribution in [2.45, 2.75) is 12.5 Å². The van der Waals surface area contributed by atoms with Gasteiger partial charge in [0, 0.05) is 30.1 Å². The number of hydrogen-bond donors (Lipinski definition) is 1. The predicted octanol–water partition coefficient (Wildman–Crippen LogP) is 3.54. The van der Waals surface area contributed by atoms with E-state index in [0.717, 1.165) is 0 Å². The second kappa shape index (κ2) is 7.83. The standard InChI is InChI=1S/C20H15FN4O3/c21-14-3-1-2-13(10-14)17-11-18(28-25-17)20(26)24-15-4-6-16(7-5-15)27-19-12-22-8-9-23-19/h1-10,12,18H,11H2,(H,24,26)/t18-/m1/s1. The first-order valence-electron chi connectivity index (χ1n) is 8.51. The largest absolute Gasteiger partial charge is 0.438 e. The summed E-state index contributed by atoms with van der Waals surface area (Å²) >= 11 is 0. The summed E-state index contributed by atoms with van der Waals surface area (Å²) in [6.07, 6.45) is 4.09. The third-order valence-electron chi connectivity index (χ3n) is 4.00. The molecule has 28 heavy (non-hydrogen) atoms. The van der Waals surface area contributed by atoms with Crippen LogP contribution in [0.1, 0.15) is 12.0 Å². The first-order valence-corrected chi connectivity index (χ1v) is 8.51. The van der Waals surface area contributed by atoms with Crippen LogP contribution in [0, 0.1) is 5.82 Å². The van der Waals surface area contributed by atoms with Gasteiger partial charge in [-0.15, -0.1) is 0 Å². The maximum absolute atomic E-state index is 13.3. The Morgan fingerprint density at radius 3 is 2.79 bits per heavy atom. The highest BCUT2D eigenvalue weighted by Crippen LogP contribution is 2.22. The van der Waals surface area contributed by atoms with Gasteiger partial charge >= 0.3 is 0 Å². The van der Waals surface area contributed by atoms with Crippen LogP contribution >= 0.6 is 0 Å². The molecule has 1 amide bonds. The highest BCUT2D eigenvalue weighted by atomic mass is 19.1. The first-order chi connectivity index (χ1) is 13.7. The van der Waals surface area contributed by atoms with Gasteiger partial charge in [-0.2, -0.15) is 0 Å². The molecule has 1 N–H and O–H groups in total. The van der Waals surface area contributed by atoms with Crippen molar-refractivity contribution in [2.24, 2.45) is 5.16 Å². The van der Waals surface area contributed by atoms with E-state index in [0.29, 0.717) is 28.6 Å². The molecule has 1 aromatic heterocycles. The number of hydrogen-bond acceptors (Lipinski definition) is 6. The van der Waals surface area contributed by atoms with E-state index in [-0.39, 0.29) is 18.1 Å². The van der Waals surface area contributed by atoms with Crippen molar-refractivity contribution < 1.29 is 18.8 Å². The number of nitrogens with one attached hydrogen (secondary N) is 1. The number of aromatic nitrogens is 2. The molecule has 4 rings (SSSR count). The number of oxime groups is 1. The minimum Gasteiger partial charge on any atom is -0.438 e. The van der Waals surface area contributed by atoms with Gasteiger partial charge in [0.25, 0.3) is 5.91 Å². The zero-order valence-corrected chi connectivity index (χ0v) is 14.6. The van der Waals surface area contributed by atoms with E-state index in [1.54, 1.807) is 42.6 Å². The van der Waals surface area contributed by atoms with Crippen LogP contribution in [0.25, 0.3) is 0 Å². The zero-order valence-electron chi connectivity index (χ0n) is 14.6. The van der Waals surface area contributed by atoms with E-state index < -0.39 is 6.10 Å². The number of anilines is 1. The Bertz CT molecular complexity index is 1010. The molecule has 0 saturated carbocycles. The molecule has 1 atom stereocenters. The molecule has 2 aromatic carbocycles. The van der Waals surface area contributed by atoms with Gasteiger partial charge in [0.05, 0.1) is 11.9 Å². The quantitative estimate of drug-likeness (QED) is 0.734.